The monoisotopic (exact) mass is 493 g/mol. The molecule has 0 bridgehead atoms. The molecule has 0 unspecified atom stereocenters. The smallest absolute Gasteiger partial charge is 0.270 e. The third-order valence-electron chi connectivity index (χ3n) is 7.66. The van der Waals surface area contributed by atoms with E-state index < -0.39 is 40.5 Å². The Morgan fingerprint density at radius 1 is 0.919 bits per heavy atom. The summed E-state index contributed by atoms with van der Waals surface area (Å²) < 4.78 is 0. The topological polar surface area (TPSA) is 101 Å². The molecule has 3 heterocycles. The lowest BCUT2D eigenvalue weighted by molar-refractivity contribution is -0.384. The molecule has 6 rings (SSSR count). The molecule has 0 N–H and O–H groups in total. The van der Waals surface area contributed by atoms with Gasteiger partial charge in [-0.15, -0.1) is 0 Å². The maximum absolute atomic E-state index is 14.0. The summed E-state index contributed by atoms with van der Waals surface area (Å²) in [4.78, 5) is 55.8. The number of hydrogen-bond donors (Lipinski definition) is 0. The zero-order valence-corrected chi connectivity index (χ0v) is 20.2. The van der Waals surface area contributed by atoms with Crippen LogP contribution in [0, 0.1) is 35.8 Å². The molecule has 8 nitrogen and oxygen atoms in total. The zero-order chi connectivity index (χ0) is 26.0. The van der Waals surface area contributed by atoms with Gasteiger partial charge in [-0.3, -0.25) is 24.5 Å². The van der Waals surface area contributed by atoms with Gasteiger partial charge in [0, 0.05) is 23.9 Å². The molecule has 8 heteroatoms. The Balaban J connectivity index is 1.50. The van der Waals surface area contributed by atoms with E-state index >= 15 is 0 Å². The van der Waals surface area contributed by atoms with Gasteiger partial charge in [-0.2, -0.15) is 0 Å². The van der Waals surface area contributed by atoms with E-state index in [4.69, 9.17) is 0 Å². The number of benzene rings is 3. The fourth-order valence-electron chi connectivity index (χ4n) is 6.09. The van der Waals surface area contributed by atoms with Crippen LogP contribution in [0.3, 0.4) is 0 Å². The van der Waals surface area contributed by atoms with Crippen LogP contribution < -0.4 is 4.90 Å². The molecule has 184 valence electrons. The Morgan fingerprint density at radius 3 is 2.43 bits per heavy atom. The van der Waals surface area contributed by atoms with E-state index in [2.05, 4.69) is 0 Å². The molecule has 0 radical (unpaired) electrons. The Labute approximate surface area is 213 Å². The van der Waals surface area contributed by atoms with E-state index in [1.54, 1.807) is 17.2 Å². The summed E-state index contributed by atoms with van der Waals surface area (Å²) >= 11 is 0. The van der Waals surface area contributed by atoms with Gasteiger partial charge >= 0.3 is 0 Å². The summed E-state index contributed by atoms with van der Waals surface area (Å²) in [6.07, 6.45) is 3.64. The van der Waals surface area contributed by atoms with E-state index in [-0.39, 0.29) is 17.2 Å². The molecular formula is C29H23N3O5. The van der Waals surface area contributed by atoms with Crippen LogP contribution in [0.2, 0.25) is 0 Å². The quantitative estimate of drug-likeness (QED) is 0.228. The van der Waals surface area contributed by atoms with Crippen molar-refractivity contribution < 1.29 is 19.3 Å². The molecule has 37 heavy (non-hydrogen) atoms. The minimum Gasteiger partial charge on any atom is -0.358 e. The molecular weight excluding hydrogens is 470 g/mol. The van der Waals surface area contributed by atoms with Crippen molar-refractivity contribution in [3.63, 3.8) is 0 Å². The number of non-ortho nitro benzene ring substituents is 1. The van der Waals surface area contributed by atoms with Crippen LogP contribution >= 0.6 is 0 Å². The highest BCUT2D eigenvalue weighted by molar-refractivity contribution is 6.25. The second kappa shape index (κ2) is 8.23. The number of aryl methyl sites for hydroxylation is 2. The zero-order valence-electron chi connectivity index (χ0n) is 20.2. The summed E-state index contributed by atoms with van der Waals surface area (Å²) in [6.45, 7) is 3.80. The number of nitro benzene ring substituents is 1. The van der Waals surface area contributed by atoms with E-state index in [1.807, 2.05) is 56.3 Å². The van der Waals surface area contributed by atoms with Crippen molar-refractivity contribution in [2.45, 2.75) is 25.9 Å². The molecule has 3 aliphatic heterocycles. The van der Waals surface area contributed by atoms with Gasteiger partial charge in [0.05, 0.1) is 28.5 Å². The minimum atomic E-state index is -0.978. The van der Waals surface area contributed by atoms with Crippen LogP contribution in [0.25, 0.3) is 6.08 Å². The standard InChI is InChI=1S/C29H23N3O5/c1-16-10-11-22(17(2)14-16)31-28(34)23-24(29(31)35)26(27(33)19-7-5-8-20(15-19)32(36)37)30-13-12-18-6-3-4-9-21(18)25(23)30/h3-15,23-26H,1-2H3/t23-,24-,25-,26+/m1/s1. The number of fused-ring (bicyclic) bond motifs is 5. The van der Waals surface area contributed by atoms with Crippen LogP contribution in [0.15, 0.2) is 72.9 Å². The largest absolute Gasteiger partial charge is 0.358 e. The van der Waals surface area contributed by atoms with Crippen LogP contribution in [0.5, 0.6) is 0 Å². The van der Waals surface area contributed by atoms with Crippen molar-refractivity contribution in [2.24, 2.45) is 11.8 Å². The van der Waals surface area contributed by atoms with Gasteiger partial charge in [-0.25, -0.2) is 4.90 Å². The second-order valence-electron chi connectivity index (χ2n) is 9.81. The maximum atomic E-state index is 14.0. The first-order valence-corrected chi connectivity index (χ1v) is 12.1. The molecule has 2 saturated heterocycles. The van der Waals surface area contributed by atoms with E-state index in [1.165, 1.54) is 29.2 Å². The van der Waals surface area contributed by atoms with Crippen LogP contribution in [-0.4, -0.2) is 33.5 Å². The summed E-state index contributed by atoms with van der Waals surface area (Å²) in [5.41, 5.74) is 4.05. The number of imide groups is 1. The van der Waals surface area contributed by atoms with Gasteiger partial charge in [-0.05, 0) is 42.7 Å². The first-order chi connectivity index (χ1) is 17.8. The average Bonchev–Trinajstić information content (AvgIpc) is 3.36. The van der Waals surface area contributed by atoms with Crippen molar-refractivity contribution in [1.82, 2.24) is 4.90 Å². The molecule has 3 aliphatic rings. The normalized spacial score (nSPS) is 23.6. The third kappa shape index (κ3) is 3.32. The molecule has 0 saturated carbocycles. The first-order valence-electron chi connectivity index (χ1n) is 12.1. The molecule has 2 amide bonds. The Morgan fingerprint density at radius 2 is 1.68 bits per heavy atom. The van der Waals surface area contributed by atoms with E-state index in [0.717, 1.165) is 22.3 Å². The van der Waals surface area contributed by atoms with Crippen molar-refractivity contribution >= 4 is 35.0 Å². The molecule has 3 aromatic carbocycles. The second-order valence-corrected chi connectivity index (χ2v) is 9.81. The van der Waals surface area contributed by atoms with Crippen LogP contribution in [0.4, 0.5) is 11.4 Å². The predicted molar refractivity (Wildman–Crippen MR) is 137 cm³/mol. The molecule has 3 aromatic rings. The number of hydrogen-bond acceptors (Lipinski definition) is 6. The van der Waals surface area contributed by atoms with Gasteiger partial charge in [0.15, 0.2) is 5.78 Å². The molecule has 2 fully saturated rings. The lowest BCUT2D eigenvalue weighted by atomic mass is 9.83. The van der Waals surface area contributed by atoms with Gasteiger partial charge in [-0.1, -0.05) is 54.1 Å². The van der Waals surface area contributed by atoms with Gasteiger partial charge in [0.2, 0.25) is 11.8 Å². The van der Waals surface area contributed by atoms with Crippen molar-refractivity contribution in [1.29, 1.82) is 0 Å². The summed E-state index contributed by atoms with van der Waals surface area (Å²) in [7, 11) is 0. The lowest BCUT2D eigenvalue weighted by Gasteiger charge is -2.35. The fraction of sp³-hybridized carbons (Fsp3) is 0.207. The van der Waals surface area contributed by atoms with Gasteiger partial charge in [0.1, 0.15) is 6.04 Å². The number of rotatable bonds is 4. The van der Waals surface area contributed by atoms with Gasteiger partial charge < -0.3 is 4.90 Å². The highest BCUT2D eigenvalue weighted by atomic mass is 16.6. The summed E-state index contributed by atoms with van der Waals surface area (Å²) in [5.74, 6) is -2.89. The summed E-state index contributed by atoms with van der Waals surface area (Å²) in [5, 5.41) is 11.4. The Hall–Kier alpha value is -4.59. The van der Waals surface area contributed by atoms with Crippen LogP contribution in [-0.2, 0) is 9.59 Å². The molecule has 0 aliphatic carbocycles. The number of carbonyl (C=O) groups excluding carboxylic acids is 3. The maximum Gasteiger partial charge on any atom is 0.270 e. The van der Waals surface area contributed by atoms with Crippen LogP contribution in [0.1, 0.15) is 38.7 Å². The number of amides is 2. The number of nitro groups is 1. The number of ketones is 1. The van der Waals surface area contributed by atoms with Crippen molar-refractivity contribution in [2.75, 3.05) is 4.90 Å². The number of Topliss-reactive ketones (excluding diaryl/α,β-unsaturated/α-hetero) is 1. The SMILES string of the molecule is Cc1ccc(N2C(=O)[C@@H]3[C@@H](C2=O)[C@H]2c4ccccc4C=CN2[C@@H]3C(=O)c2cccc([N+](=O)[O-])c2)c(C)c1. The Kier molecular flexibility index (Phi) is 5.08. The van der Waals surface area contributed by atoms with Crippen molar-refractivity contribution in [3.05, 3.63) is 111 Å². The third-order valence-corrected chi connectivity index (χ3v) is 7.66. The Bertz CT molecular complexity index is 1540. The van der Waals surface area contributed by atoms with E-state index in [9.17, 15) is 24.5 Å². The van der Waals surface area contributed by atoms with Crippen molar-refractivity contribution in [3.8, 4) is 0 Å². The lowest BCUT2D eigenvalue weighted by Crippen LogP contribution is -2.44. The van der Waals surface area contributed by atoms with Gasteiger partial charge in [0.25, 0.3) is 5.69 Å². The molecule has 0 spiro atoms. The van der Waals surface area contributed by atoms with E-state index in [0.29, 0.717) is 5.69 Å². The number of carbonyl (C=O) groups is 3. The number of nitrogens with zero attached hydrogens (tertiary/aromatic N) is 3. The molecule has 0 aromatic heterocycles. The number of anilines is 1. The highest BCUT2D eigenvalue weighted by Crippen LogP contribution is 2.54. The molecule has 4 atom stereocenters. The fourth-order valence-corrected chi connectivity index (χ4v) is 6.09. The highest BCUT2D eigenvalue weighted by Gasteiger charge is 2.64. The predicted octanol–water partition coefficient (Wildman–Crippen LogP) is 4.61. The average molecular weight is 494 g/mol. The minimum absolute atomic E-state index is 0.135. The summed E-state index contributed by atoms with van der Waals surface area (Å²) in [6, 6.07) is 17.2. The first kappa shape index (κ1) is 22.8.